The van der Waals surface area contributed by atoms with Crippen molar-refractivity contribution in [2.24, 2.45) is 16.6 Å². The van der Waals surface area contributed by atoms with E-state index in [1.165, 1.54) is 12.8 Å². The first kappa shape index (κ1) is 18.3. The fourth-order valence-electron chi connectivity index (χ4n) is 2.10. The highest BCUT2D eigenvalue weighted by Gasteiger charge is 2.16. The average Bonchev–Trinajstić information content (AvgIpc) is 2.46. The molecule has 1 aromatic rings. The highest BCUT2D eigenvalue weighted by Crippen LogP contribution is 2.15. The van der Waals surface area contributed by atoms with Crippen LogP contribution in [0.5, 0.6) is 5.88 Å². The Hall–Kier alpha value is -0.760. The Balaban J connectivity index is 0.00000220. The second-order valence-corrected chi connectivity index (χ2v) is 5.51. The second kappa shape index (κ2) is 9.30. The Morgan fingerprint density at radius 2 is 2.19 bits per heavy atom. The third kappa shape index (κ3) is 6.25. The summed E-state index contributed by atoms with van der Waals surface area (Å²) < 4.78 is 5.46. The van der Waals surface area contributed by atoms with Crippen molar-refractivity contribution in [3.05, 3.63) is 23.4 Å². The molecule has 5 nitrogen and oxygen atoms in total. The first-order chi connectivity index (χ1) is 9.65. The van der Waals surface area contributed by atoms with Gasteiger partial charge in [0.1, 0.15) is 6.61 Å². The minimum Gasteiger partial charge on any atom is -0.476 e. The van der Waals surface area contributed by atoms with Gasteiger partial charge in [0.05, 0.1) is 11.6 Å². The van der Waals surface area contributed by atoms with E-state index >= 15 is 0 Å². The maximum atomic E-state index is 5.98. The zero-order valence-electron chi connectivity index (χ0n) is 12.2. The Kier molecular flexibility index (Phi) is 8.10. The summed E-state index contributed by atoms with van der Waals surface area (Å²) in [6.45, 7) is 5.26. The number of pyridine rings is 1. The molecule has 0 saturated carbocycles. The van der Waals surface area contributed by atoms with Crippen LogP contribution >= 0.6 is 35.6 Å². The Morgan fingerprint density at radius 3 is 2.81 bits per heavy atom. The number of likely N-dealkylation sites (tertiary alicyclic amines) is 1. The van der Waals surface area contributed by atoms with Crippen LogP contribution in [0.1, 0.15) is 19.8 Å². The highest BCUT2D eigenvalue weighted by molar-refractivity contribution is 14.0. The van der Waals surface area contributed by atoms with E-state index in [1.807, 2.05) is 0 Å². The lowest BCUT2D eigenvalue weighted by atomic mass is 10.00. The van der Waals surface area contributed by atoms with Crippen molar-refractivity contribution < 1.29 is 4.74 Å². The van der Waals surface area contributed by atoms with Crippen LogP contribution in [0.2, 0.25) is 5.02 Å². The van der Waals surface area contributed by atoms with Crippen LogP contribution in [0.25, 0.3) is 0 Å². The zero-order chi connectivity index (χ0) is 14.4. The molecule has 0 bridgehead atoms. The van der Waals surface area contributed by atoms with E-state index in [1.54, 1.807) is 18.3 Å². The van der Waals surface area contributed by atoms with E-state index in [4.69, 9.17) is 22.1 Å². The van der Waals surface area contributed by atoms with Gasteiger partial charge in [0.25, 0.3) is 0 Å². The van der Waals surface area contributed by atoms with E-state index in [0.717, 1.165) is 19.0 Å². The number of halogens is 2. The number of rotatable bonds is 4. The highest BCUT2D eigenvalue weighted by atomic mass is 127. The molecule has 0 unspecified atom stereocenters. The minimum absolute atomic E-state index is 0. The van der Waals surface area contributed by atoms with Crippen molar-refractivity contribution >= 4 is 41.5 Å². The third-order valence-corrected chi connectivity index (χ3v) is 3.65. The van der Waals surface area contributed by atoms with Crippen molar-refractivity contribution in [3.63, 3.8) is 0 Å². The van der Waals surface area contributed by atoms with Crippen LogP contribution in [0, 0.1) is 5.92 Å². The molecule has 0 radical (unpaired) electrons. The van der Waals surface area contributed by atoms with Crippen molar-refractivity contribution in [1.82, 2.24) is 9.88 Å². The van der Waals surface area contributed by atoms with Crippen LogP contribution in [0.15, 0.2) is 23.3 Å². The van der Waals surface area contributed by atoms with E-state index in [2.05, 4.69) is 21.8 Å². The maximum Gasteiger partial charge on any atom is 0.213 e. The number of nitrogens with two attached hydrogens (primary N) is 1. The summed E-state index contributed by atoms with van der Waals surface area (Å²) >= 11 is 5.75. The monoisotopic (exact) mass is 424 g/mol. The van der Waals surface area contributed by atoms with Gasteiger partial charge in [-0.1, -0.05) is 18.5 Å². The molecule has 1 saturated heterocycles. The molecule has 7 heteroatoms. The summed E-state index contributed by atoms with van der Waals surface area (Å²) in [4.78, 5) is 10.5. The van der Waals surface area contributed by atoms with Crippen LogP contribution < -0.4 is 10.5 Å². The molecule has 0 spiro atoms. The lowest BCUT2D eigenvalue weighted by molar-refractivity contribution is 0.275. The molecule has 1 aromatic heterocycles. The fourth-order valence-corrected chi connectivity index (χ4v) is 2.21. The Labute approximate surface area is 147 Å². The third-order valence-electron chi connectivity index (χ3n) is 3.42. The minimum atomic E-state index is 0. The molecule has 2 rings (SSSR count). The van der Waals surface area contributed by atoms with E-state index in [9.17, 15) is 0 Å². The molecule has 1 aliphatic heterocycles. The van der Waals surface area contributed by atoms with Crippen LogP contribution in [0.3, 0.4) is 0 Å². The predicted molar refractivity (Wildman–Crippen MR) is 96.6 cm³/mol. The van der Waals surface area contributed by atoms with Gasteiger partial charge < -0.3 is 15.4 Å². The maximum absolute atomic E-state index is 5.98. The van der Waals surface area contributed by atoms with Gasteiger partial charge >= 0.3 is 0 Å². The van der Waals surface area contributed by atoms with Gasteiger partial charge in [-0.25, -0.2) is 9.98 Å². The number of hydrogen-bond donors (Lipinski definition) is 1. The number of piperidine rings is 1. The molecule has 2 heterocycles. The standard InChI is InChI=1S/C14H21ClN4O.HI/c1-11-4-7-19(8-5-11)14(16)17-6-9-20-13-3-2-12(15)10-18-13;/h2-3,10-11H,4-9H2,1H3,(H2,16,17);1H. The number of aromatic nitrogens is 1. The van der Waals surface area contributed by atoms with Crippen LogP contribution in [-0.2, 0) is 0 Å². The van der Waals surface area contributed by atoms with Crippen LogP contribution in [0.4, 0.5) is 0 Å². The first-order valence-electron chi connectivity index (χ1n) is 6.94. The molecule has 118 valence electrons. The molecular weight excluding hydrogens is 403 g/mol. The van der Waals surface area contributed by atoms with Crippen molar-refractivity contribution in [3.8, 4) is 5.88 Å². The molecule has 0 aromatic carbocycles. The number of hydrogen-bond acceptors (Lipinski definition) is 3. The first-order valence-corrected chi connectivity index (χ1v) is 7.32. The Bertz CT molecular complexity index is 447. The molecule has 2 N–H and O–H groups in total. The summed E-state index contributed by atoms with van der Waals surface area (Å²) in [6, 6.07) is 3.48. The molecule has 0 aliphatic carbocycles. The van der Waals surface area contributed by atoms with Crippen molar-refractivity contribution in [1.29, 1.82) is 0 Å². The number of nitrogens with zero attached hydrogens (tertiary/aromatic N) is 3. The summed E-state index contributed by atoms with van der Waals surface area (Å²) in [5.41, 5.74) is 5.98. The average molecular weight is 425 g/mol. The zero-order valence-corrected chi connectivity index (χ0v) is 15.3. The van der Waals surface area contributed by atoms with E-state index in [0.29, 0.717) is 30.0 Å². The van der Waals surface area contributed by atoms with Gasteiger partial charge in [-0.2, -0.15) is 0 Å². The fraction of sp³-hybridized carbons (Fsp3) is 0.571. The summed E-state index contributed by atoms with van der Waals surface area (Å²) in [7, 11) is 0. The van der Waals surface area contributed by atoms with Gasteiger partial charge in [0, 0.05) is 25.4 Å². The molecule has 1 fully saturated rings. The molecular formula is C14H22ClIN4O. The van der Waals surface area contributed by atoms with Gasteiger partial charge in [-0.3, -0.25) is 0 Å². The normalized spacial score (nSPS) is 16.5. The van der Waals surface area contributed by atoms with Gasteiger partial charge in [0.2, 0.25) is 5.88 Å². The van der Waals surface area contributed by atoms with Crippen LogP contribution in [-0.4, -0.2) is 42.1 Å². The number of guanidine groups is 1. The van der Waals surface area contributed by atoms with E-state index < -0.39 is 0 Å². The van der Waals surface area contributed by atoms with Gasteiger partial charge in [-0.15, -0.1) is 24.0 Å². The largest absolute Gasteiger partial charge is 0.476 e. The summed E-state index contributed by atoms with van der Waals surface area (Å²) in [5, 5.41) is 0.596. The van der Waals surface area contributed by atoms with E-state index in [-0.39, 0.29) is 24.0 Å². The second-order valence-electron chi connectivity index (χ2n) is 5.07. The van der Waals surface area contributed by atoms with Crippen molar-refractivity contribution in [2.75, 3.05) is 26.2 Å². The topological polar surface area (TPSA) is 63.7 Å². The molecule has 1 aliphatic rings. The quantitative estimate of drug-likeness (QED) is 0.349. The Morgan fingerprint density at radius 1 is 1.48 bits per heavy atom. The molecule has 0 amide bonds. The van der Waals surface area contributed by atoms with Crippen molar-refractivity contribution in [2.45, 2.75) is 19.8 Å². The summed E-state index contributed by atoms with van der Waals surface area (Å²) in [5.74, 6) is 1.96. The molecule has 21 heavy (non-hydrogen) atoms. The SMILES string of the molecule is CC1CCN(C(N)=NCCOc2ccc(Cl)cn2)CC1.I. The number of aliphatic imine (C=N–C) groups is 1. The van der Waals surface area contributed by atoms with Gasteiger partial charge in [0.15, 0.2) is 5.96 Å². The lowest BCUT2D eigenvalue weighted by Gasteiger charge is -2.31. The summed E-state index contributed by atoms with van der Waals surface area (Å²) in [6.07, 6.45) is 3.92. The lowest BCUT2D eigenvalue weighted by Crippen LogP contribution is -2.42. The number of ether oxygens (including phenoxy) is 1. The van der Waals surface area contributed by atoms with Gasteiger partial charge in [-0.05, 0) is 24.8 Å². The molecule has 0 atom stereocenters. The predicted octanol–water partition coefficient (Wildman–Crippen LogP) is 2.78. The smallest absolute Gasteiger partial charge is 0.213 e.